The van der Waals surface area contributed by atoms with Crippen LogP contribution in [0.2, 0.25) is 0 Å². The van der Waals surface area contributed by atoms with E-state index in [1.807, 2.05) is 0 Å². The fourth-order valence-electron chi connectivity index (χ4n) is 11.5. The van der Waals surface area contributed by atoms with Crippen LogP contribution in [-0.2, 0) is 5.41 Å². The fraction of sp³-hybridized carbons (Fsp3) is 0.0149. The van der Waals surface area contributed by atoms with Crippen LogP contribution in [0.4, 0.5) is 17.1 Å². The van der Waals surface area contributed by atoms with Crippen molar-refractivity contribution in [2.24, 2.45) is 0 Å². The summed E-state index contributed by atoms with van der Waals surface area (Å²) >= 11 is 0. The molecule has 0 N–H and O–H groups in total. The maximum atomic E-state index is 2.55. The minimum absolute atomic E-state index is 0.483. The lowest BCUT2D eigenvalue weighted by Gasteiger charge is -2.33. The zero-order valence-corrected chi connectivity index (χ0v) is 37.4. The van der Waals surface area contributed by atoms with Gasteiger partial charge in [0.1, 0.15) is 0 Å². The van der Waals surface area contributed by atoms with Gasteiger partial charge in [-0.2, -0.15) is 0 Å². The molecule has 68 heavy (non-hydrogen) atoms. The highest BCUT2D eigenvalue weighted by Crippen LogP contribution is 2.65. The predicted octanol–water partition coefficient (Wildman–Crippen LogP) is 17.8. The number of fused-ring (bicyclic) bond motifs is 10. The van der Waals surface area contributed by atoms with Crippen molar-refractivity contribution in [3.8, 4) is 77.9 Å². The van der Waals surface area contributed by atoms with Crippen LogP contribution < -0.4 is 4.90 Å². The molecule has 11 aromatic carbocycles. The molecule has 0 unspecified atom stereocenters. The average Bonchev–Trinajstić information content (AvgIpc) is 3.90. The number of hydrogen-bond acceptors (Lipinski definition) is 1. The van der Waals surface area contributed by atoms with Gasteiger partial charge in [-0.1, -0.05) is 243 Å². The molecule has 0 saturated carbocycles. The Kier molecular flexibility index (Phi) is 9.47. The van der Waals surface area contributed by atoms with Crippen molar-refractivity contribution < 1.29 is 0 Å². The third-order valence-corrected chi connectivity index (χ3v) is 14.3. The quantitative estimate of drug-likeness (QED) is 0.147. The van der Waals surface area contributed by atoms with Gasteiger partial charge >= 0.3 is 0 Å². The van der Waals surface area contributed by atoms with Gasteiger partial charge in [-0.15, -0.1) is 0 Å². The molecule has 2 aliphatic rings. The molecule has 318 valence electrons. The lowest BCUT2D eigenvalue weighted by Crippen LogP contribution is -2.26. The zero-order valence-electron chi connectivity index (χ0n) is 37.4. The molecule has 0 fully saturated rings. The summed E-state index contributed by atoms with van der Waals surface area (Å²) in [6.45, 7) is 0. The van der Waals surface area contributed by atoms with E-state index < -0.39 is 5.41 Å². The lowest BCUT2D eigenvalue weighted by molar-refractivity contribution is 0.794. The third-order valence-electron chi connectivity index (χ3n) is 14.3. The van der Waals surface area contributed by atoms with Crippen molar-refractivity contribution in [3.63, 3.8) is 0 Å². The number of hydrogen-bond donors (Lipinski definition) is 0. The Balaban J connectivity index is 1.10. The average molecular weight is 864 g/mol. The normalized spacial score (nSPS) is 12.5. The van der Waals surface area contributed by atoms with Crippen molar-refractivity contribution in [2.75, 3.05) is 4.90 Å². The van der Waals surface area contributed by atoms with Gasteiger partial charge in [0.15, 0.2) is 0 Å². The molecule has 0 aliphatic heterocycles. The standard InChI is InChI=1S/C67H45N/c1-4-21-46(22-5-1)50-27-18-28-51(45-50)47-41-43-52(44-42-47)68(63-39-19-34-54(49-25-8-3-9-26-49)65(63)57-32-11-10-29-53(57)48-23-6-2-7-24-48)64-40-20-38-62-66(64)58-33-14-17-37-61(58)67(62)59-35-15-12-30-55(59)56-31-13-16-36-60(56)67/h1-45H. The molecule has 0 aromatic heterocycles. The van der Waals surface area contributed by atoms with E-state index in [4.69, 9.17) is 0 Å². The van der Waals surface area contributed by atoms with Crippen molar-refractivity contribution >= 4 is 17.1 Å². The van der Waals surface area contributed by atoms with Gasteiger partial charge in [0.25, 0.3) is 0 Å². The van der Waals surface area contributed by atoms with Gasteiger partial charge in [0, 0.05) is 16.8 Å². The maximum Gasteiger partial charge on any atom is 0.0726 e. The first-order chi connectivity index (χ1) is 33.8. The maximum absolute atomic E-state index is 2.55. The van der Waals surface area contributed by atoms with Crippen molar-refractivity contribution in [2.45, 2.75) is 5.41 Å². The molecule has 0 atom stereocenters. The summed E-state index contributed by atoms with van der Waals surface area (Å²) in [5.74, 6) is 0. The van der Waals surface area contributed by atoms with E-state index in [0.717, 1.165) is 17.1 Å². The Morgan fingerprint density at radius 3 is 1.21 bits per heavy atom. The van der Waals surface area contributed by atoms with E-state index in [9.17, 15) is 0 Å². The smallest absolute Gasteiger partial charge is 0.0726 e. The first kappa shape index (κ1) is 39.6. The van der Waals surface area contributed by atoms with Crippen LogP contribution in [0.5, 0.6) is 0 Å². The minimum Gasteiger partial charge on any atom is -0.309 e. The molecule has 0 amide bonds. The van der Waals surface area contributed by atoms with Crippen LogP contribution in [0.25, 0.3) is 77.9 Å². The van der Waals surface area contributed by atoms with Gasteiger partial charge in [0.05, 0.1) is 16.8 Å². The van der Waals surface area contributed by atoms with Crippen LogP contribution in [0.1, 0.15) is 22.3 Å². The summed E-state index contributed by atoms with van der Waals surface area (Å²) in [6, 6.07) is 101. The summed E-state index contributed by atoms with van der Waals surface area (Å²) in [5, 5.41) is 0. The van der Waals surface area contributed by atoms with Gasteiger partial charge in [-0.25, -0.2) is 0 Å². The van der Waals surface area contributed by atoms with Gasteiger partial charge < -0.3 is 4.90 Å². The molecule has 11 aromatic rings. The Labute approximate surface area is 398 Å². The highest BCUT2D eigenvalue weighted by Gasteiger charge is 2.52. The van der Waals surface area contributed by atoms with Crippen LogP contribution in [0, 0.1) is 0 Å². The molecule has 0 bridgehead atoms. The summed E-state index contributed by atoms with van der Waals surface area (Å²) in [6.07, 6.45) is 0. The Hall–Kier alpha value is -8.78. The molecular weight excluding hydrogens is 819 g/mol. The van der Waals surface area contributed by atoms with E-state index in [1.54, 1.807) is 0 Å². The molecule has 1 nitrogen and oxygen atoms in total. The second kappa shape index (κ2) is 16.3. The summed E-state index contributed by atoms with van der Waals surface area (Å²) in [7, 11) is 0. The zero-order chi connectivity index (χ0) is 45.0. The lowest BCUT2D eigenvalue weighted by atomic mass is 9.70. The fourth-order valence-corrected chi connectivity index (χ4v) is 11.5. The SMILES string of the molecule is c1ccc(-c2cccc(-c3ccc(N(c4cccc(-c5ccccc5)c4-c4ccccc4-c4ccccc4)c4cccc5c4-c4ccccc4C54c5ccccc5-c5ccccc54)cc3)c2)cc1. The summed E-state index contributed by atoms with van der Waals surface area (Å²) in [5.41, 5.74) is 25.1. The van der Waals surface area contributed by atoms with Crippen LogP contribution in [0.15, 0.2) is 273 Å². The highest BCUT2D eigenvalue weighted by atomic mass is 15.1. The van der Waals surface area contributed by atoms with E-state index in [2.05, 4.69) is 278 Å². The Bertz CT molecular complexity index is 3620. The molecule has 0 heterocycles. The molecule has 13 rings (SSSR count). The molecule has 1 heteroatoms. The number of rotatable bonds is 8. The van der Waals surface area contributed by atoms with Crippen molar-refractivity contribution in [1.29, 1.82) is 0 Å². The molecule has 1 spiro atoms. The first-order valence-electron chi connectivity index (χ1n) is 23.6. The van der Waals surface area contributed by atoms with E-state index in [1.165, 1.54) is 100 Å². The Morgan fingerprint density at radius 1 is 0.221 bits per heavy atom. The third kappa shape index (κ3) is 6.17. The van der Waals surface area contributed by atoms with Crippen LogP contribution >= 0.6 is 0 Å². The van der Waals surface area contributed by atoms with Gasteiger partial charge in [0.2, 0.25) is 0 Å². The topological polar surface area (TPSA) is 3.24 Å². The number of benzene rings is 11. The summed E-state index contributed by atoms with van der Waals surface area (Å²) in [4.78, 5) is 2.55. The minimum atomic E-state index is -0.483. The second-order valence-corrected chi connectivity index (χ2v) is 17.9. The van der Waals surface area contributed by atoms with E-state index in [0.29, 0.717) is 0 Å². The van der Waals surface area contributed by atoms with Gasteiger partial charge in [-0.05, 0) is 119 Å². The molecular formula is C67H45N. The highest BCUT2D eigenvalue weighted by molar-refractivity contribution is 6.05. The van der Waals surface area contributed by atoms with Crippen molar-refractivity contribution in [1.82, 2.24) is 0 Å². The van der Waals surface area contributed by atoms with E-state index in [-0.39, 0.29) is 0 Å². The van der Waals surface area contributed by atoms with Crippen LogP contribution in [0.3, 0.4) is 0 Å². The number of nitrogens with zero attached hydrogens (tertiary/aromatic N) is 1. The van der Waals surface area contributed by atoms with E-state index >= 15 is 0 Å². The first-order valence-corrected chi connectivity index (χ1v) is 23.6. The van der Waals surface area contributed by atoms with Crippen molar-refractivity contribution in [3.05, 3.63) is 295 Å². The summed E-state index contributed by atoms with van der Waals surface area (Å²) < 4.78 is 0. The molecule has 2 aliphatic carbocycles. The number of anilines is 3. The van der Waals surface area contributed by atoms with Crippen LogP contribution in [-0.4, -0.2) is 0 Å². The Morgan fingerprint density at radius 2 is 0.603 bits per heavy atom. The second-order valence-electron chi connectivity index (χ2n) is 17.9. The van der Waals surface area contributed by atoms with Gasteiger partial charge in [-0.3, -0.25) is 0 Å². The molecule has 0 saturated heterocycles. The largest absolute Gasteiger partial charge is 0.309 e. The monoisotopic (exact) mass is 863 g/mol. The predicted molar refractivity (Wildman–Crippen MR) is 285 cm³/mol. The molecule has 0 radical (unpaired) electrons.